The van der Waals surface area contributed by atoms with Gasteiger partial charge in [0.05, 0.1) is 12.3 Å². The van der Waals surface area contributed by atoms with Crippen molar-refractivity contribution < 1.29 is 4.42 Å². The van der Waals surface area contributed by atoms with Crippen LogP contribution < -0.4 is 11.3 Å². The van der Waals surface area contributed by atoms with Gasteiger partial charge >= 0.3 is 0 Å². The number of nitrogens with two attached hydrogens (primary N) is 1. The third-order valence-electron chi connectivity index (χ3n) is 3.02. The van der Waals surface area contributed by atoms with Crippen LogP contribution in [0.15, 0.2) is 51.7 Å². The number of nitrogens with one attached hydrogen (secondary N) is 1. The number of rotatable bonds is 6. The summed E-state index contributed by atoms with van der Waals surface area (Å²) in [6.07, 6.45) is 4.79. The molecule has 0 saturated heterocycles. The number of furan rings is 1. The van der Waals surface area contributed by atoms with E-state index in [1.54, 1.807) is 6.26 Å². The standard InChI is InChI=1S/C14H17BrN2O/c15-14-12(9-10-18-14)13(17-16)8-4-7-11-5-2-1-3-6-11/h1-3,5-6,9-10,13,17H,4,7-8,16H2. The van der Waals surface area contributed by atoms with E-state index in [1.807, 2.05) is 12.1 Å². The Hall–Kier alpha value is -1.10. The number of hydrogen-bond acceptors (Lipinski definition) is 3. The predicted octanol–water partition coefficient (Wildman–Crippen LogP) is 3.57. The van der Waals surface area contributed by atoms with Gasteiger partial charge in [0.15, 0.2) is 4.67 Å². The van der Waals surface area contributed by atoms with E-state index in [4.69, 9.17) is 10.3 Å². The summed E-state index contributed by atoms with van der Waals surface area (Å²) in [5.74, 6) is 5.60. The maximum absolute atomic E-state index is 5.60. The molecule has 3 nitrogen and oxygen atoms in total. The van der Waals surface area contributed by atoms with E-state index in [2.05, 4.69) is 45.6 Å². The molecule has 0 aliphatic heterocycles. The lowest BCUT2D eigenvalue weighted by atomic mass is 10.0. The van der Waals surface area contributed by atoms with Crippen molar-refractivity contribution in [3.63, 3.8) is 0 Å². The van der Waals surface area contributed by atoms with Gasteiger partial charge in [0.2, 0.25) is 0 Å². The second kappa shape index (κ2) is 6.73. The molecular formula is C14H17BrN2O. The number of aryl methyl sites for hydroxylation is 1. The lowest BCUT2D eigenvalue weighted by Crippen LogP contribution is -2.28. The topological polar surface area (TPSA) is 51.2 Å². The Balaban J connectivity index is 1.87. The molecular weight excluding hydrogens is 292 g/mol. The van der Waals surface area contributed by atoms with Crippen molar-refractivity contribution in [3.05, 3.63) is 58.5 Å². The predicted molar refractivity (Wildman–Crippen MR) is 75.9 cm³/mol. The Labute approximate surface area is 115 Å². The summed E-state index contributed by atoms with van der Waals surface area (Å²) in [6, 6.07) is 12.5. The smallest absolute Gasteiger partial charge is 0.173 e. The lowest BCUT2D eigenvalue weighted by molar-refractivity contribution is 0.478. The third-order valence-corrected chi connectivity index (χ3v) is 3.67. The van der Waals surface area contributed by atoms with Crippen LogP contribution in [0.2, 0.25) is 0 Å². The second-order valence-electron chi connectivity index (χ2n) is 4.25. The van der Waals surface area contributed by atoms with E-state index in [0.717, 1.165) is 29.5 Å². The average molecular weight is 309 g/mol. The van der Waals surface area contributed by atoms with Crippen molar-refractivity contribution in [1.29, 1.82) is 0 Å². The highest BCUT2D eigenvalue weighted by Gasteiger charge is 2.14. The molecule has 2 aromatic rings. The highest BCUT2D eigenvalue weighted by Crippen LogP contribution is 2.27. The molecule has 1 aromatic carbocycles. The fraction of sp³-hybridized carbons (Fsp3) is 0.286. The molecule has 1 aromatic heterocycles. The number of hydrazine groups is 1. The van der Waals surface area contributed by atoms with E-state index in [9.17, 15) is 0 Å². The summed E-state index contributed by atoms with van der Waals surface area (Å²) in [6.45, 7) is 0. The third kappa shape index (κ3) is 3.45. The maximum atomic E-state index is 5.60. The first-order valence-corrected chi connectivity index (χ1v) is 6.83. The molecule has 18 heavy (non-hydrogen) atoms. The van der Waals surface area contributed by atoms with Crippen LogP contribution in [0.1, 0.15) is 30.0 Å². The van der Waals surface area contributed by atoms with Crippen molar-refractivity contribution in [2.24, 2.45) is 5.84 Å². The van der Waals surface area contributed by atoms with Crippen LogP contribution in [0.25, 0.3) is 0 Å². The Morgan fingerprint density at radius 3 is 2.61 bits per heavy atom. The first kappa shape index (κ1) is 13.3. The van der Waals surface area contributed by atoms with Crippen LogP contribution in [0.3, 0.4) is 0 Å². The molecule has 1 unspecified atom stereocenters. The minimum absolute atomic E-state index is 0.127. The van der Waals surface area contributed by atoms with Gasteiger partial charge in [-0.25, -0.2) is 0 Å². The summed E-state index contributed by atoms with van der Waals surface area (Å²) >= 11 is 3.38. The molecule has 0 fully saturated rings. The quantitative estimate of drug-likeness (QED) is 0.633. The van der Waals surface area contributed by atoms with Crippen molar-refractivity contribution in [1.82, 2.24) is 5.43 Å². The average Bonchev–Trinajstić information content (AvgIpc) is 2.82. The normalized spacial score (nSPS) is 12.6. The maximum Gasteiger partial charge on any atom is 0.173 e. The molecule has 96 valence electrons. The monoisotopic (exact) mass is 308 g/mol. The molecule has 0 aliphatic carbocycles. The van der Waals surface area contributed by atoms with Crippen molar-refractivity contribution in [3.8, 4) is 0 Å². The molecule has 1 atom stereocenters. The fourth-order valence-electron chi connectivity index (χ4n) is 2.04. The molecule has 2 rings (SSSR count). The Kier molecular flexibility index (Phi) is 4.99. The van der Waals surface area contributed by atoms with Gasteiger partial charge in [0.25, 0.3) is 0 Å². The Bertz CT molecular complexity index is 470. The first-order valence-electron chi connectivity index (χ1n) is 6.04. The second-order valence-corrected chi connectivity index (χ2v) is 4.97. The minimum atomic E-state index is 0.127. The van der Waals surface area contributed by atoms with Crippen molar-refractivity contribution >= 4 is 15.9 Å². The van der Waals surface area contributed by atoms with Gasteiger partial charge in [-0.05, 0) is 46.8 Å². The van der Waals surface area contributed by atoms with E-state index in [1.165, 1.54) is 5.56 Å². The van der Waals surface area contributed by atoms with E-state index >= 15 is 0 Å². The highest BCUT2D eigenvalue weighted by atomic mass is 79.9. The number of halogens is 1. The SMILES string of the molecule is NNC(CCCc1ccccc1)c1ccoc1Br. The van der Waals surface area contributed by atoms with E-state index in [0.29, 0.717) is 0 Å². The van der Waals surface area contributed by atoms with Gasteiger partial charge in [0, 0.05) is 5.56 Å². The Morgan fingerprint density at radius 1 is 1.22 bits per heavy atom. The summed E-state index contributed by atoms with van der Waals surface area (Å²) in [5, 5.41) is 0. The van der Waals surface area contributed by atoms with Crippen LogP contribution in [-0.4, -0.2) is 0 Å². The van der Waals surface area contributed by atoms with Gasteiger partial charge in [-0.1, -0.05) is 30.3 Å². The molecule has 1 heterocycles. The van der Waals surface area contributed by atoms with Gasteiger partial charge in [-0.15, -0.1) is 0 Å². The van der Waals surface area contributed by atoms with Crippen LogP contribution >= 0.6 is 15.9 Å². The van der Waals surface area contributed by atoms with Crippen LogP contribution in [0.4, 0.5) is 0 Å². The Morgan fingerprint density at radius 2 is 2.00 bits per heavy atom. The van der Waals surface area contributed by atoms with E-state index < -0.39 is 0 Å². The summed E-state index contributed by atoms with van der Waals surface area (Å²) in [5.41, 5.74) is 5.28. The number of benzene rings is 1. The molecule has 0 saturated carbocycles. The summed E-state index contributed by atoms with van der Waals surface area (Å²) in [7, 11) is 0. The first-order chi connectivity index (χ1) is 8.81. The largest absolute Gasteiger partial charge is 0.457 e. The molecule has 0 bridgehead atoms. The zero-order chi connectivity index (χ0) is 12.8. The fourth-order valence-corrected chi connectivity index (χ4v) is 2.55. The van der Waals surface area contributed by atoms with E-state index in [-0.39, 0.29) is 6.04 Å². The van der Waals surface area contributed by atoms with Gasteiger partial charge in [-0.3, -0.25) is 11.3 Å². The zero-order valence-corrected chi connectivity index (χ0v) is 11.7. The number of hydrogen-bond donors (Lipinski definition) is 2. The lowest BCUT2D eigenvalue weighted by Gasteiger charge is -2.14. The molecule has 0 amide bonds. The molecule has 4 heteroatoms. The van der Waals surface area contributed by atoms with Crippen molar-refractivity contribution in [2.45, 2.75) is 25.3 Å². The molecule has 3 N–H and O–H groups in total. The van der Waals surface area contributed by atoms with Crippen molar-refractivity contribution in [2.75, 3.05) is 0 Å². The molecule has 0 radical (unpaired) electrons. The molecule has 0 aliphatic rings. The summed E-state index contributed by atoms with van der Waals surface area (Å²) in [4.78, 5) is 0. The van der Waals surface area contributed by atoms with Gasteiger partial charge < -0.3 is 4.42 Å². The van der Waals surface area contributed by atoms with Crippen LogP contribution in [-0.2, 0) is 6.42 Å². The minimum Gasteiger partial charge on any atom is -0.457 e. The zero-order valence-electron chi connectivity index (χ0n) is 10.1. The van der Waals surface area contributed by atoms with Gasteiger partial charge in [0.1, 0.15) is 0 Å². The highest BCUT2D eigenvalue weighted by molar-refractivity contribution is 9.10. The van der Waals surface area contributed by atoms with Crippen LogP contribution in [0.5, 0.6) is 0 Å². The van der Waals surface area contributed by atoms with Gasteiger partial charge in [-0.2, -0.15) is 0 Å². The van der Waals surface area contributed by atoms with Crippen LogP contribution in [0, 0.1) is 0 Å². The summed E-state index contributed by atoms with van der Waals surface area (Å²) < 4.78 is 5.99. The molecule has 0 spiro atoms.